The monoisotopic (exact) mass is 630 g/mol. The number of halogens is 2. The second-order valence-corrected chi connectivity index (χ2v) is 11.5. The van der Waals surface area contributed by atoms with Crippen molar-refractivity contribution >= 4 is 28.2 Å². The Hall–Kier alpha value is -6.27. The molecule has 2 aliphatic carbocycles. The van der Waals surface area contributed by atoms with Crippen LogP contribution in [0.1, 0.15) is 33.2 Å². The fraction of sp³-hybridized carbons (Fsp3) is 0.0238. The van der Waals surface area contributed by atoms with E-state index in [2.05, 4.69) is 36.4 Å². The van der Waals surface area contributed by atoms with Gasteiger partial charge in [-0.1, -0.05) is 72.8 Å². The molecule has 0 amide bonds. The van der Waals surface area contributed by atoms with Gasteiger partial charge in [0.05, 0.1) is 16.8 Å². The quantitative estimate of drug-likeness (QED) is 0.152. The number of Topliss-reactive ketones (excluding diaryl/α,β-unsaturated/α-hetero) is 1. The lowest BCUT2D eigenvalue weighted by atomic mass is 10.0. The number of benzene rings is 6. The number of fused-ring (bicyclic) bond motifs is 6. The molecule has 48 heavy (non-hydrogen) atoms. The van der Waals surface area contributed by atoms with E-state index in [-0.39, 0.29) is 23.2 Å². The van der Waals surface area contributed by atoms with Gasteiger partial charge in [-0.3, -0.25) is 9.59 Å². The molecule has 4 nitrogen and oxygen atoms in total. The third-order valence-electron chi connectivity index (χ3n) is 8.52. The largest absolute Gasteiger partial charge is 0.398 e. The van der Waals surface area contributed by atoms with Gasteiger partial charge in [0, 0.05) is 27.8 Å². The summed E-state index contributed by atoms with van der Waals surface area (Å²) in [5.41, 5.74) is 18.0. The van der Waals surface area contributed by atoms with Crippen molar-refractivity contribution in [2.75, 3.05) is 5.73 Å². The molecule has 0 bridgehead atoms. The molecule has 1 aromatic heterocycles. The van der Waals surface area contributed by atoms with E-state index in [1.807, 2.05) is 48.5 Å². The van der Waals surface area contributed by atoms with Gasteiger partial charge in [0.2, 0.25) is 0 Å². The van der Waals surface area contributed by atoms with Gasteiger partial charge in [0.15, 0.2) is 11.6 Å². The van der Waals surface area contributed by atoms with Crippen molar-refractivity contribution in [2.24, 2.45) is 0 Å². The summed E-state index contributed by atoms with van der Waals surface area (Å²) in [6, 6.07) is 42.0. The van der Waals surface area contributed by atoms with E-state index >= 15 is 0 Å². The van der Waals surface area contributed by atoms with Crippen molar-refractivity contribution in [1.29, 1.82) is 0 Å². The van der Waals surface area contributed by atoms with Crippen LogP contribution in [0.4, 0.5) is 14.5 Å². The topological polar surface area (TPSA) is 73.1 Å². The van der Waals surface area contributed by atoms with Crippen molar-refractivity contribution in [2.45, 2.75) is 6.92 Å². The molecule has 0 unspecified atom stereocenters. The molecular formula is C42H28F2N2O2. The molecular weight excluding hydrogens is 602 g/mol. The maximum Gasteiger partial charge on any atom is 0.196 e. The Labute approximate surface area is 276 Å². The maximum absolute atomic E-state index is 13.2. The Kier molecular flexibility index (Phi) is 7.91. The van der Waals surface area contributed by atoms with Crippen LogP contribution in [-0.2, 0) is 0 Å². The van der Waals surface area contributed by atoms with Crippen LogP contribution in [0.15, 0.2) is 140 Å². The van der Waals surface area contributed by atoms with Gasteiger partial charge in [-0.05, 0) is 107 Å². The number of anilines is 1. The molecule has 2 N–H and O–H groups in total. The van der Waals surface area contributed by atoms with Gasteiger partial charge in [-0.15, -0.1) is 0 Å². The smallest absolute Gasteiger partial charge is 0.196 e. The minimum absolute atomic E-state index is 0.0405. The summed E-state index contributed by atoms with van der Waals surface area (Å²) >= 11 is 0. The van der Waals surface area contributed by atoms with Crippen LogP contribution >= 0.6 is 0 Å². The number of nitrogen functional groups attached to an aromatic ring is 1. The van der Waals surface area contributed by atoms with Crippen molar-refractivity contribution in [3.05, 3.63) is 168 Å². The summed E-state index contributed by atoms with van der Waals surface area (Å²) in [6.07, 6.45) is 0. The molecule has 0 saturated heterocycles. The van der Waals surface area contributed by atoms with Gasteiger partial charge < -0.3 is 5.73 Å². The maximum atomic E-state index is 13.2. The average molecular weight is 631 g/mol. The number of ketones is 2. The van der Waals surface area contributed by atoms with Crippen molar-refractivity contribution in [1.82, 2.24) is 4.98 Å². The van der Waals surface area contributed by atoms with Gasteiger partial charge >= 0.3 is 0 Å². The predicted molar refractivity (Wildman–Crippen MR) is 188 cm³/mol. The van der Waals surface area contributed by atoms with E-state index in [9.17, 15) is 18.4 Å². The highest BCUT2D eigenvalue weighted by atomic mass is 19.1. The Bertz CT molecular complexity index is 2360. The minimum atomic E-state index is -0.315. The molecule has 6 heteroatoms. The van der Waals surface area contributed by atoms with Crippen LogP contribution in [0.3, 0.4) is 0 Å². The Morgan fingerprint density at radius 3 is 1.75 bits per heavy atom. The normalized spacial score (nSPS) is 11.4. The SMILES string of the molecule is CC(=O)c1ccc(F)cc1.Fc1ccc(-c2cc3c4c(cccc4n2)-c2ccccc2-3)cc1.Nc1cccc2c1C(=O)c1ccccc1-2. The van der Waals surface area contributed by atoms with Crippen LogP contribution in [0.5, 0.6) is 0 Å². The Balaban J connectivity index is 0.000000125. The standard InChI is InChI=1S/C21H12FN.C13H9NO.C8H7FO/c22-14-10-8-13(9-11-14)20-12-18-16-5-2-1-4-15(16)17-6-3-7-19(23-20)21(17)18;14-11-7-3-6-9-8-4-1-2-5-10(8)13(15)12(9)11;1-6(10)7-2-4-8(9)5-3-7/h1-12H;1-7H,14H2;2-5H,1H3. The van der Waals surface area contributed by atoms with E-state index in [4.69, 9.17) is 10.7 Å². The highest BCUT2D eigenvalue weighted by Gasteiger charge is 2.27. The fourth-order valence-electron chi connectivity index (χ4n) is 6.23. The number of pyridine rings is 1. The molecule has 0 saturated carbocycles. The zero-order chi connectivity index (χ0) is 33.4. The minimum Gasteiger partial charge on any atom is -0.398 e. The zero-order valence-corrected chi connectivity index (χ0v) is 25.9. The third-order valence-corrected chi connectivity index (χ3v) is 8.52. The third kappa shape index (κ3) is 5.54. The first kappa shape index (κ1) is 30.4. The van der Waals surface area contributed by atoms with Crippen molar-refractivity contribution in [3.63, 3.8) is 0 Å². The lowest BCUT2D eigenvalue weighted by molar-refractivity contribution is 0.101. The summed E-state index contributed by atoms with van der Waals surface area (Å²) in [6.45, 7) is 1.45. The number of hydrogen-bond donors (Lipinski definition) is 1. The molecule has 9 rings (SSSR count). The number of carbonyl (C=O) groups excluding carboxylic acids is 2. The molecule has 232 valence electrons. The molecule has 1 heterocycles. The first-order chi connectivity index (χ1) is 23.3. The molecule has 0 aliphatic heterocycles. The first-order valence-electron chi connectivity index (χ1n) is 15.4. The fourth-order valence-corrected chi connectivity index (χ4v) is 6.23. The van der Waals surface area contributed by atoms with Crippen LogP contribution in [0.2, 0.25) is 0 Å². The number of hydrogen-bond acceptors (Lipinski definition) is 4. The van der Waals surface area contributed by atoms with Crippen LogP contribution < -0.4 is 5.73 Å². The van der Waals surface area contributed by atoms with Crippen LogP contribution in [0.25, 0.3) is 55.5 Å². The van der Waals surface area contributed by atoms with Crippen LogP contribution in [0, 0.1) is 11.6 Å². The van der Waals surface area contributed by atoms with Gasteiger partial charge in [-0.2, -0.15) is 0 Å². The van der Waals surface area contributed by atoms with Crippen molar-refractivity contribution < 1.29 is 18.4 Å². The molecule has 6 aromatic carbocycles. The first-order valence-corrected chi connectivity index (χ1v) is 15.4. The van der Waals surface area contributed by atoms with E-state index < -0.39 is 0 Å². The summed E-state index contributed by atoms with van der Waals surface area (Å²) in [5.74, 6) is -0.546. The average Bonchev–Trinajstić information content (AvgIpc) is 3.59. The van der Waals surface area contributed by atoms with E-state index in [0.29, 0.717) is 16.8 Å². The lowest BCUT2D eigenvalue weighted by Crippen LogP contribution is -1.99. The van der Waals surface area contributed by atoms with Crippen molar-refractivity contribution in [3.8, 4) is 44.6 Å². The Morgan fingerprint density at radius 2 is 1.10 bits per heavy atom. The number of nitrogens with two attached hydrogens (primary N) is 1. The summed E-state index contributed by atoms with van der Waals surface area (Å²) < 4.78 is 25.4. The number of aromatic nitrogens is 1. The summed E-state index contributed by atoms with van der Waals surface area (Å²) in [5, 5.41) is 1.21. The van der Waals surface area contributed by atoms with E-state index in [1.54, 1.807) is 18.2 Å². The molecule has 0 spiro atoms. The highest BCUT2D eigenvalue weighted by Crippen LogP contribution is 2.47. The summed E-state index contributed by atoms with van der Waals surface area (Å²) in [4.78, 5) is 27.5. The second-order valence-electron chi connectivity index (χ2n) is 11.5. The van der Waals surface area contributed by atoms with E-state index in [0.717, 1.165) is 33.5 Å². The number of nitrogens with zero attached hydrogens (tertiary/aromatic N) is 1. The predicted octanol–water partition coefficient (Wildman–Crippen LogP) is 10.2. The van der Waals surface area contributed by atoms with Gasteiger partial charge in [0.1, 0.15) is 11.6 Å². The second kappa shape index (κ2) is 12.5. The molecule has 0 fully saturated rings. The number of carbonyl (C=O) groups is 2. The Morgan fingerprint density at radius 1 is 0.583 bits per heavy atom. The molecule has 0 atom stereocenters. The van der Waals surface area contributed by atoms with Gasteiger partial charge in [0.25, 0.3) is 0 Å². The zero-order valence-electron chi connectivity index (χ0n) is 25.9. The molecule has 2 aliphatic rings. The van der Waals surface area contributed by atoms with Gasteiger partial charge in [-0.25, -0.2) is 13.8 Å². The van der Waals surface area contributed by atoms with Crippen LogP contribution in [-0.4, -0.2) is 16.6 Å². The summed E-state index contributed by atoms with van der Waals surface area (Å²) in [7, 11) is 0. The number of rotatable bonds is 2. The molecule has 7 aromatic rings. The highest BCUT2D eigenvalue weighted by molar-refractivity contribution is 6.24. The van der Waals surface area contributed by atoms with E-state index in [1.165, 1.54) is 71.0 Å². The lowest BCUT2D eigenvalue weighted by Gasteiger charge is -2.07. The molecule has 0 radical (unpaired) electrons.